The molecule has 3 rings (SSSR count). The highest BCUT2D eigenvalue weighted by Gasteiger charge is 2.16. The number of hydrogen-bond donors (Lipinski definition) is 0. The maximum absolute atomic E-state index is 11.6. The molecule has 0 bridgehead atoms. The maximum atomic E-state index is 11.6. The Balaban J connectivity index is 2.21. The summed E-state index contributed by atoms with van der Waals surface area (Å²) in [7, 11) is 1.35. The zero-order valence-electron chi connectivity index (χ0n) is 10.8. The second-order valence-electron chi connectivity index (χ2n) is 4.22. The molecule has 0 saturated heterocycles. The van der Waals surface area contributed by atoms with E-state index in [0.717, 1.165) is 10.4 Å². The predicted octanol–water partition coefficient (Wildman–Crippen LogP) is 3.21. The summed E-state index contributed by atoms with van der Waals surface area (Å²) in [5, 5.41) is 10.9. The second kappa shape index (κ2) is 4.88. The van der Waals surface area contributed by atoms with Gasteiger partial charge in [0.15, 0.2) is 11.5 Å². The van der Waals surface area contributed by atoms with E-state index in [-0.39, 0.29) is 0 Å². The molecule has 0 spiro atoms. The molecule has 0 aliphatic carbocycles. The molecule has 0 saturated carbocycles. The summed E-state index contributed by atoms with van der Waals surface area (Å²) in [4.78, 5) is 12.4. The number of carbonyl (C=O) groups is 1. The van der Waals surface area contributed by atoms with Crippen molar-refractivity contribution in [3.8, 4) is 10.7 Å². The van der Waals surface area contributed by atoms with Crippen molar-refractivity contribution >= 4 is 34.6 Å². The first-order chi connectivity index (χ1) is 9.61. The Morgan fingerprint density at radius 3 is 2.85 bits per heavy atom. The number of ether oxygens (including phenoxy) is 1. The lowest BCUT2D eigenvalue weighted by Gasteiger charge is -2.02. The summed E-state index contributed by atoms with van der Waals surface area (Å²) < 4.78 is 6.46. The van der Waals surface area contributed by atoms with Crippen LogP contribution in [0.2, 0.25) is 5.02 Å². The van der Waals surface area contributed by atoms with Gasteiger partial charge in [0.25, 0.3) is 0 Å². The number of carbonyl (C=O) groups excluding carboxylic acids is 1. The molecule has 20 heavy (non-hydrogen) atoms. The number of halogens is 1. The Kier molecular flexibility index (Phi) is 3.19. The van der Waals surface area contributed by atoms with Gasteiger partial charge in [-0.3, -0.25) is 4.40 Å². The van der Waals surface area contributed by atoms with E-state index in [9.17, 15) is 4.79 Å². The molecule has 102 valence electrons. The number of rotatable bonds is 2. The first kappa shape index (κ1) is 13.1. The zero-order chi connectivity index (χ0) is 14.3. The van der Waals surface area contributed by atoms with Gasteiger partial charge in [0.2, 0.25) is 0 Å². The second-order valence-corrected chi connectivity index (χ2v) is 5.48. The topological polar surface area (TPSA) is 56.5 Å². The Morgan fingerprint density at radius 2 is 2.20 bits per heavy atom. The largest absolute Gasteiger partial charge is 0.465 e. The average molecular weight is 308 g/mol. The Hall–Kier alpha value is -1.92. The summed E-state index contributed by atoms with van der Waals surface area (Å²) >= 11 is 7.77. The van der Waals surface area contributed by atoms with Crippen LogP contribution >= 0.6 is 22.9 Å². The third kappa shape index (κ3) is 1.97. The minimum atomic E-state index is -0.403. The van der Waals surface area contributed by atoms with E-state index in [1.54, 1.807) is 22.7 Å². The van der Waals surface area contributed by atoms with E-state index in [1.165, 1.54) is 18.4 Å². The first-order valence-corrected chi connectivity index (χ1v) is 7.04. The molecular formula is C13H10ClN3O2S. The van der Waals surface area contributed by atoms with Crippen LogP contribution in [-0.4, -0.2) is 27.7 Å². The molecule has 7 heteroatoms. The molecule has 0 aliphatic heterocycles. The van der Waals surface area contributed by atoms with Crippen molar-refractivity contribution in [2.45, 2.75) is 6.92 Å². The number of aromatic nitrogens is 3. The number of methoxy groups -OCH3 is 1. The summed E-state index contributed by atoms with van der Waals surface area (Å²) in [6.45, 7) is 1.94. The molecule has 0 aromatic carbocycles. The van der Waals surface area contributed by atoms with Crippen molar-refractivity contribution in [3.63, 3.8) is 0 Å². The van der Waals surface area contributed by atoms with E-state index < -0.39 is 5.97 Å². The minimum absolute atomic E-state index is 0.403. The standard InChI is InChI=1S/C13H10ClN3O2S/c1-7-6-20-11(10(7)14)12-16-15-9-4-3-8(5-17(9)12)13(18)19-2/h3-6H,1-2H3. The summed E-state index contributed by atoms with van der Waals surface area (Å²) in [6.07, 6.45) is 1.65. The SMILES string of the molecule is COC(=O)c1ccc2nnc(-c3scc(C)c3Cl)n2c1. The Morgan fingerprint density at radius 1 is 1.40 bits per heavy atom. The lowest BCUT2D eigenvalue weighted by molar-refractivity contribution is 0.0600. The molecule has 0 radical (unpaired) electrons. The fourth-order valence-electron chi connectivity index (χ4n) is 1.86. The molecule has 3 aromatic heterocycles. The van der Waals surface area contributed by atoms with Crippen molar-refractivity contribution in [1.29, 1.82) is 0 Å². The lowest BCUT2D eigenvalue weighted by Crippen LogP contribution is -2.03. The number of hydrogen-bond acceptors (Lipinski definition) is 5. The van der Waals surface area contributed by atoms with Gasteiger partial charge in [0, 0.05) is 6.20 Å². The monoisotopic (exact) mass is 307 g/mol. The summed E-state index contributed by atoms with van der Waals surface area (Å²) in [5.74, 6) is 0.217. The van der Waals surface area contributed by atoms with E-state index in [1.807, 2.05) is 12.3 Å². The van der Waals surface area contributed by atoms with E-state index in [0.29, 0.717) is 22.1 Å². The average Bonchev–Trinajstić information content (AvgIpc) is 3.02. The number of esters is 1. The minimum Gasteiger partial charge on any atom is -0.465 e. The van der Waals surface area contributed by atoms with Crippen LogP contribution in [0.5, 0.6) is 0 Å². The number of aryl methyl sites for hydroxylation is 1. The predicted molar refractivity (Wildman–Crippen MR) is 77.4 cm³/mol. The highest BCUT2D eigenvalue weighted by molar-refractivity contribution is 7.14. The third-order valence-corrected chi connectivity index (χ3v) is 4.62. The van der Waals surface area contributed by atoms with Gasteiger partial charge in [-0.2, -0.15) is 0 Å². The first-order valence-electron chi connectivity index (χ1n) is 5.79. The lowest BCUT2D eigenvalue weighted by atomic mass is 10.3. The number of nitrogens with zero attached hydrogens (tertiary/aromatic N) is 3. The van der Waals surface area contributed by atoms with Gasteiger partial charge in [-0.15, -0.1) is 21.5 Å². The van der Waals surface area contributed by atoms with Crippen LogP contribution in [0, 0.1) is 6.92 Å². The van der Waals surface area contributed by atoms with Crippen LogP contribution in [0.3, 0.4) is 0 Å². The van der Waals surface area contributed by atoms with Crippen LogP contribution in [-0.2, 0) is 4.74 Å². The van der Waals surface area contributed by atoms with Crippen molar-refractivity contribution in [2.24, 2.45) is 0 Å². The van der Waals surface area contributed by atoms with Gasteiger partial charge < -0.3 is 4.74 Å². The van der Waals surface area contributed by atoms with Gasteiger partial charge in [-0.05, 0) is 30.0 Å². The number of fused-ring (bicyclic) bond motifs is 1. The van der Waals surface area contributed by atoms with Gasteiger partial charge in [-0.1, -0.05) is 11.6 Å². The van der Waals surface area contributed by atoms with Crippen LogP contribution in [0.1, 0.15) is 15.9 Å². The molecule has 0 N–H and O–H groups in total. The zero-order valence-corrected chi connectivity index (χ0v) is 12.3. The maximum Gasteiger partial charge on any atom is 0.339 e. The van der Waals surface area contributed by atoms with Crippen molar-refractivity contribution in [2.75, 3.05) is 7.11 Å². The van der Waals surface area contributed by atoms with Crippen LogP contribution in [0.15, 0.2) is 23.7 Å². The molecule has 3 aromatic rings. The summed E-state index contributed by atoms with van der Waals surface area (Å²) in [5.41, 5.74) is 2.08. The van der Waals surface area contributed by atoms with Crippen LogP contribution in [0.25, 0.3) is 16.3 Å². The molecule has 0 fully saturated rings. The van der Waals surface area contributed by atoms with Gasteiger partial charge in [-0.25, -0.2) is 4.79 Å². The Labute approximate surface area is 123 Å². The highest BCUT2D eigenvalue weighted by atomic mass is 35.5. The van der Waals surface area contributed by atoms with E-state index in [4.69, 9.17) is 16.3 Å². The quantitative estimate of drug-likeness (QED) is 0.682. The van der Waals surface area contributed by atoms with Gasteiger partial charge >= 0.3 is 5.97 Å². The normalized spacial score (nSPS) is 10.9. The molecule has 5 nitrogen and oxygen atoms in total. The smallest absolute Gasteiger partial charge is 0.339 e. The molecular weight excluding hydrogens is 298 g/mol. The van der Waals surface area contributed by atoms with Crippen molar-refractivity contribution in [3.05, 3.63) is 39.9 Å². The fourth-order valence-corrected chi connectivity index (χ4v) is 3.12. The number of thiophene rings is 1. The van der Waals surface area contributed by atoms with Gasteiger partial charge in [0.1, 0.15) is 0 Å². The third-order valence-electron chi connectivity index (χ3n) is 2.93. The molecule has 0 aliphatic rings. The number of pyridine rings is 1. The van der Waals surface area contributed by atoms with Crippen molar-refractivity contribution in [1.82, 2.24) is 14.6 Å². The van der Waals surface area contributed by atoms with Gasteiger partial charge in [0.05, 0.1) is 22.6 Å². The fraction of sp³-hybridized carbons (Fsp3) is 0.154. The van der Waals surface area contributed by atoms with E-state index >= 15 is 0 Å². The Bertz CT molecular complexity index is 809. The molecule has 3 heterocycles. The van der Waals surface area contributed by atoms with Crippen LogP contribution in [0.4, 0.5) is 0 Å². The van der Waals surface area contributed by atoms with E-state index in [2.05, 4.69) is 10.2 Å². The molecule has 0 atom stereocenters. The highest BCUT2D eigenvalue weighted by Crippen LogP contribution is 2.35. The molecule has 0 amide bonds. The molecule has 0 unspecified atom stereocenters. The summed E-state index contributed by atoms with van der Waals surface area (Å²) in [6, 6.07) is 3.37. The van der Waals surface area contributed by atoms with Crippen LogP contribution < -0.4 is 0 Å². The van der Waals surface area contributed by atoms with Crippen molar-refractivity contribution < 1.29 is 9.53 Å².